The molecule has 1 aromatic heterocycles. The average molecular weight is 409 g/mol. The van der Waals surface area contributed by atoms with Gasteiger partial charge in [-0.3, -0.25) is 4.79 Å². The summed E-state index contributed by atoms with van der Waals surface area (Å²) in [6.07, 6.45) is 6.17. The molecule has 1 aliphatic carbocycles. The number of nitrogens with zero attached hydrogens (tertiary/aromatic N) is 2. The summed E-state index contributed by atoms with van der Waals surface area (Å²) < 4.78 is 12.6. The van der Waals surface area contributed by atoms with E-state index in [0.29, 0.717) is 23.1 Å². The van der Waals surface area contributed by atoms with Crippen molar-refractivity contribution in [3.63, 3.8) is 0 Å². The zero-order chi connectivity index (χ0) is 19.0. The Morgan fingerprint density at radius 3 is 2.81 bits per heavy atom. The molecule has 0 N–H and O–H groups in total. The van der Waals surface area contributed by atoms with Gasteiger partial charge in [0.05, 0.1) is 29.4 Å². The second kappa shape index (κ2) is 7.46. The molecular formula is C20H22Cl2N2O3. The van der Waals surface area contributed by atoms with E-state index in [0.717, 1.165) is 49.9 Å². The lowest BCUT2D eigenvalue weighted by Gasteiger charge is -2.11. The monoisotopic (exact) mass is 408 g/mol. The van der Waals surface area contributed by atoms with E-state index in [9.17, 15) is 4.79 Å². The summed E-state index contributed by atoms with van der Waals surface area (Å²) in [7, 11) is 1.42. The number of rotatable bonds is 7. The van der Waals surface area contributed by atoms with Crippen molar-refractivity contribution in [2.45, 2.75) is 50.5 Å². The van der Waals surface area contributed by atoms with E-state index in [2.05, 4.69) is 0 Å². The van der Waals surface area contributed by atoms with Crippen LogP contribution in [-0.4, -0.2) is 29.5 Å². The van der Waals surface area contributed by atoms with Gasteiger partial charge in [-0.15, -0.1) is 0 Å². The molecule has 1 aliphatic heterocycles. The minimum absolute atomic E-state index is 0.162. The van der Waals surface area contributed by atoms with Gasteiger partial charge < -0.3 is 9.47 Å². The Hall–Kier alpha value is -1.56. The number of carbonyl (C=O) groups excluding carboxylic acids is 1. The normalized spacial score (nSPS) is 20.6. The number of aromatic nitrogens is 2. The molecule has 1 saturated heterocycles. The third-order valence-corrected chi connectivity index (χ3v) is 6.18. The second-order valence-electron chi connectivity index (χ2n) is 7.20. The Morgan fingerprint density at radius 2 is 2.11 bits per heavy atom. The molecule has 2 aliphatic rings. The molecule has 0 radical (unpaired) electrons. The molecule has 1 aromatic carbocycles. The van der Waals surface area contributed by atoms with Gasteiger partial charge in [0.1, 0.15) is 11.3 Å². The fraction of sp³-hybridized carbons (Fsp3) is 0.500. The summed E-state index contributed by atoms with van der Waals surface area (Å²) in [4.78, 5) is 11.3. The molecule has 0 amide bonds. The minimum atomic E-state index is -0.300. The van der Waals surface area contributed by atoms with E-state index in [1.165, 1.54) is 18.4 Å². The number of ether oxygens (including phenoxy) is 2. The molecule has 2 heterocycles. The molecule has 1 unspecified atom stereocenters. The predicted octanol–water partition coefficient (Wildman–Crippen LogP) is 4.63. The van der Waals surface area contributed by atoms with E-state index >= 15 is 0 Å². The molecular weight excluding hydrogens is 387 g/mol. The summed E-state index contributed by atoms with van der Waals surface area (Å²) in [5.41, 5.74) is 4.24. The average Bonchev–Trinajstić information content (AvgIpc) is 3.12. The Balaban J connectivity index is 1.57. The van der Waals surface area contributed by atoms with Gasteiger partial charge >= 0.3 is 5.97 Å². The maximum Gasteiger partial charge on any atom is 0.305 e. The molecule has 27 heavy (non-hydrogen) atoms. The summed E-state index contributed by atoms with van der Waals surface area (Å²) in [6.45, 7) is 0.691. The van der Waals surface area contributed by atoms with Gasteiger partial charge in [-0.25, -0.2) is 4.68 Å². The maximum absolute atomic E-state index is 11.3. The third kappa shape index (κ3) is 3.60. The molecule has 7 heteroatoms. The summed E-state index contributed by atoms with van der Waals surface area (Å²) in [5, 5.41) is 6.00. The lowest BCUT2D eigenvalue weighted by molar-refractivity contribution is -0.140. The molecule has 144 valence electrons. The van der Waals surface area contributed by atoms with Gasteiger partial charge in [-0.05, 0) is 56.7 Å². The number of benzene rings is 1. The van der Waals surface area contributed by atoms with Crippen molar-refractivity contribution in [1.82, 2.24) is 9.78 Å². The SMILES string of the molecule is COC(=O)CCCCC1(c2nn(-c3ccc(Cl)c(Cl)c3)c3c2CCC3)CO1. The van der Waals surface area contributed by atoms with E-state index in [4.69, 9.17) is 37.8 Å². The van der Waals surface area contributed by atoms with Gasteiger partial charge in [-0.2, -0.15) is 5.10 Å². The Labute approximate surface area is 168 Å². The number of unbranched alkanes of at least 4 members (excludes halogenated alkanes) is 1. The van der Waals surface area contributed by atoms with Gasteiger partial charge in [0.25, 0.3) is 0 Å². The number of fused-ring (bicyclic) bond motifs is 1. The molecule has 2 aromatic rings. The van der Waals surface area contributed by atoms with Gasteiger partial charge in [-0.1, -0.05) is 23.2 Å². The molecule has 1 fully saturated rings. The smallest absolute Gasteiger partial charge is 0.305 e. The molecule has 0 saturated carbocycles. The fourth-order valence-electron chi connectivity index (χ4n) is 3.90. The maximum atomic E-state index is 11.3. The van der Waals surface area contributed by atoms with Crippen molar-refractivity contribution in [1.29, 1.82) is 0 Å². The van der Waals surface area contributed by atoms with Crippen molar-refractivity contribution in [2.75, 3.05) is 13.7 Å². The van der Waals surface area contributed by atoms with Crippen LogP contribution in [0, 0.1) is 0 Å². The zero-order valence-electron chi connectivity index (χ0n) is 15.3. The van der Waals surface area contributed by atoms with Crippen LogP contribution in [0.2, 0.25) is 10.0 Å². The van der Waals surface area contributed by atoms with Crippen molar-refractivity contribution < 1.29 is 14.3 Å². The second-order valence-corrected chi connectivity index (χ2v) is 8.02. The number of methoxy groups -OCH3 is 1. The predicted molar refractivity (Wildman–Crippen MR) is 104 cm³/mol. The Kier molecular flexibility index (Phi) is 5.19. The topological polar surface area (TPSA) is 56.6 Å². The molecule has 1 atom stereocenters. The van der Waals surface area contributed by atoms with Gasteiger partial charge in [0.15, 0.2) is 0 Å². The molecule has 0 spiro atoms. The highest BCUT2D eigenvalue weighted by atomic mass is 35.5. The van der Waals surface area contributed by atoms with Crippen molar-refractivity contribution in [3.8, 4) is 5.69 Å². The van der Waals surface area contributed by atoms with E-state index in [1.807, 2.05) is 16.8 Å². The summed E-state index contributed by atoms with van der Waals surface area (Å²) >= 11 is 12.3. The van der Waals surface area contributed by atoms with Crippen LogP contribution in [0.3, 0.4) is 0 Å². The quantitative estimate of drug-likeness (QED) is 0.380. The Bertz CT molecular complexity index is 874. The van der Waals surface area contributed by atoms with Crippen LogP contribution in [0.1, 0.15) is 49.1 Å². The first-order chi connectivity index (χ1) is 13.0. The third-order valence-electron chi connectivity index (χ3n) is 5.44. The van der Waals surface area contributed by atoms with Gasteiger partial charge in [0.2, 0.25) is 0 Å². The Morgan fingerprint density at radius 1 is 1.30 bits per heavy atom. The standard InChI is InChI=1S/C20H22Cl2N2O3/c1-26-18(25)7-2-3-10-20(12-27-20)19-14-5-4-6-17(14)24(23-19)13-8-9-15(21)16(22)11-13/h8-9,11H,2-7,10,12H2,1H3. The number of esters is 1. The highest BCUT2D eigenvalue weighted by Gasteiger charge is 2.50. The van der Waals surface area contributed by atoms with E-state index in [-0.39, 0.29) is 11.6 Å². The van der Waals surface area contributed by atoms with E-state index < -0.39 is 0 Å². The number of halogens is 2. The molecule has 4 rings (SSSR count). The van der Waals surface area contributed by atoms with Crippen LogP contribution in [0.4, 0.5) is 0 Å². The highest BCUT2D eigenvalue weighted by molar-refractivity contribution is 6.42. The van der Waals surface area contributed by atoms with Crippen LogP contribution in [0.5, 0.6) is 0 Å². The van der Waals surface area contributed by atoms with Crippen LogP contribution < -0.4 is 0 Å². The van der Waals surface area contributed by atoms with Crippen LogP contribution in [0.25, 0.3) is 5.69 Å². The largest absolute Gasteiger partial charge is 0.469 e. The first-order valence-electron chi connectivity index (χ1n) is 9.31. The summed E-state index contributed by atoms with van der Waals surface area (Å²) in [6, 6.07) is 5.61. The zero-order valence-corrected chi connectivity index (χ0v) is 16.8. The fourth-order valence-corrected chi connectivity index (χ4v) is 4.19. The van der Waals surface area contributed by atoms with Crippen LogP contribution >= 0.6 is 23.2 Å². The first kappa shape index (κ1) is 18.8. The summed E-state index contributed by atoms with van der Waals surface area (Å²) in [5.74, 6) is -0.162. The van der Waals surface area contributed by atoms with Crippen LogP contribution in [-0.2, 0) is 32.7 Å². The number of hydrogen-bond donors (Lipinski definition) is 0. The van der Waals surface area contributed by atoms with Crippen LogP contribution in [0.15, 0.2) is 18.2 Å². The minimum Gasteiger partial charge on any atom is -0.469 e. The lowest BCUT2D eigenvalue weighted by Crippen LogP contribution is -2.13. The molecule has 5 nitrogen and oxygen atoms in total. The molecule has 0 bridgehead atoms. The van der Waals surface area contributed by atoms with Crippen molar-refractivity contribution in [3.05, 3.63) is 45.2 Å². The van der Waals surface area contributed by atoms with Crippen molar-refractivity contribution >= 4 is 29.2 Å². The number of epoxide rings is 1. The van der Waals surface area contributed by atoms with Crippen molar-refractivity contribution in [2.24, 2.45) is 0 Å². The number of hydrogen-bond acceptors (Lipinski definition) is 4. The first-order valence-corrected chi connectivity index (χ1v) is 10.1. The van der Waals surface area contributed by atoms with E-state index in [1.54, 1.807) is 6.07 Å². The highest BCUT2D eigenvalue weighted by Crippen LogP contribution is 2.46. The lowest BCUT2D eigenvalue weighted by atomic mass is 9.95. The number of carbonyl (C=O) groups is 1. The van der Waals surface area contributed by atoms with Gasteiger partial charge in [0, 0.05) is 17.7 Å².